The van der Waals surface area contributed by atoms with Crippen LogP contribution in [0.2, 0.25) is 5.02 Å². The molecule has 0 fully saturated rings. The smallest absolute Gasteiger partial charge is 0.152 e. The monoisotopic (exact) mass is 255 g/mol. The predicted octanol–water partition coefficient (Wildman–Crippen LogP) is 3.38. The van der Waals surface area contributed by atoms with Crippen LogP contribution < -0.4 is 5.73 Å². The molecule has 1 aromatic rings. The van der Waals surface area contributed by atoms with Gasteiger partial charge in [-0.25, -0.2) is 0 Å². The highest BCUT2D eigenvalue weighted by Crippen LogP contribution is 2.18. The number of carbonyl (C=O) groups is 1. The molecule has 0 saturated carbocycles. The number of Topliss-reactive ketones (excluding diaryl/α,β-unsaturated/α-hetero) is 1. The maximum atomic E-state index is 11.6. The van der Waals surface area contributed by atoms with E-state index in [1.165, 1.54) is 0 Å². The zero-order chi connectivity index (χ0) is 12.3. The highest BCUT2D eigenvalue weighted by atomic mass is 35.5. The molecule has 1 rings (SSSR count). The summed E-state index contributed by atoms with van der Waals surface area (Å²) in [6.07, 6.45) is 0.553. The Kier molecular flexibility index (Phi) is 6.43. The fourth-order valence-corrected chi connectivity index (χ4v) is 1.75. The first-order valence-corrected chi connectivity index (χ1v) is 5.84. The lowest BCUT2D eigenvalue weighted by Gasteiger charge is -2.13. The minimum Gasteiger partial charge on any atom is -0.321 e. The van der Waals surface area contributed by atoms with E-state index in [0.717, 1.165) is 16.1 Å². The van der Waals surface area contributed by atoms with Crippen LogP contribution in [0, 0.1) is 12.8 Å². The van der Waals surface area contributed by atoms with Gasteiger partial charge in [-0.15, -0.1) is 0 Å². The van der Waals surface area contributed by atoms with Crippen LogP contribution >= 0.6 is 11.6 Å². The van der Waals surface area contributed by atoms with E-state index in [2.05, 4.69) is 0 Å². The van der Waals surface area contributed by atoms with Crippen molar-refractivity contribution in [1.82, 2.24) is 0 Å². The molecular weight excluding hydrogens is 234 g/mol. The summed E-state index contributed by atoms with van der Waals surface area (Å²) in [6.45, 7) is 5.68. The van der Waals surface area contributed by atoms with Gasteiger partial charge >= 0.3 is 0 Å². The van der Waals surface area contributed by atoms with Crippen LogP contribution in [0.1, 0.15) is 32.4 Å². The summed E-state index contributed by atoms with van der Waals surface area (Å²) in [5.74, 6) is 0.0765. The molecule has 0 aliphatic carbocycles. The number of halogens is 1. The molecule has 0 aliphatic rings. The zero-order valence-electron chi connectivity index (χ0n) is 9.96. The van der Waals surface area contributed by atoms with Crippen molar-refractivity contribution in [3.05, 3.63) is 34.3 Å². The number of hydrogen-bond donors (Lipinski definition) is 1. The summed E-state index contributed by atoms with van der Waals surface area (Å²) in [6, 6.07) is 5.36. The van der Waals surface area contributed by atoms with Gasteiger partial charge < -0.3 is 5.73 Å². The molecule has 3 heteroatoms. The Morgan fingerprint density at radius 2 is 2.00 bits per heavy atom. The molecule has 0 saturated heterocycles. The van der Waals surface area contributed by atoms with E-state index < -0.39 is 6.04 Å². The van der Waals surface area contributed by atoms with Crippen LogP contribution in [0.15, 0.2) is 18.2 Å². The number of ketones is 1. The predicted molar refractivity (Wildman–Crippen MR) is 74.4 cm³/mol. The van der Waals surface area contributed by atoms with Crippen LogP contribution in [0.3, 0.4) is 0 Å². The van der Waals surface area contributed by atoms with Gasteiger partial charge in [-0.05, 0) is 30.5 Å². The standard InChI is InChI=1S/C13H18ClNO.CH4/c1-8(2)13(16)12(15)7-10-5-4-9(3)11(14)6-10;/h4-6,8,12H,7,15H2,1-3H3;1H4/t12-;/m1./s1. The maximum absolute atomic E-state index is 11.6. The Balaban J connectivity index is 0.00000256. The van der Waals surface area contributed by atoms with Gasteiger partial charge in [0.05, 0.1) is 6.04 Å². The van der Waals surface area contributed by atoms with Crippen molar-refractivity contribution in [2.75, 3.05) is 0 Å². The van der Waals surface area contributed by atoms with Crippen LogP contribution in [0.4, 0.5) is 0 Å². The highest BCUT2D eigenvalue weighted by Gasteiger charge is 2.17. The fraction of sp³-hybridized carbons (Fsp3) is 0.500. The van der Waals surface area contributed by atoms with E-state index in [1.807, 2.05) is 39.0 Å². The lowest BCUT2D eigenvalue weighted by Crippen LogP contribution is -2.35. The van der Waals surface area contributed by atoms with E-state index in [4.69, 9.17) is 17.3 Å². The molecule has 1 aromatic carbocycles. The van der Waals surface area contributed by atoms with Crippen molar-refractivity contribution < 1.29 is 4.79 Å². The second kappa shape index (κ2) is 6.77. The van der Waals surface area contributed by atoms with Crippen molar-refractivity contribution in [2.24, 2.45) is 11.7 Å². The van der Waals surface area contributed by atoms with Gasteiger partial charge in [-0.1, -0.05) is 45.0 Å². The van der Waals surface area contributed by atoms with Crippen molar-refractivity contribution in [1.29, 1.82) is 0 Å². The Morgan fingerprint density at radius 1 is 1.41 bits per heavy atom. The van der Waals surface area contributed by atoms with Crippen LogP contribution in [0.5, 0.6) is 0 Å². The molecule has 96 valence electrons. The summed E-state index contributed by atoms with van der Waals surface area (Å²) in [5.41, 5.74) is 7.89. The van der Waals surface area contributed by atoms with Gasteiger partial charge in [0.25, 0.3) is 0 Å². The second-order valence-electron chi connectivity index (χ2n) is 4.45. The number of benzene rings is 1. The first-order valence-electron chi connectivity index (χ1n) is 5.46. The van der Waals surface area contributed by atoms with Gasteiger partial charge in [0.1, 0.15) is 0 Å². The summed E-state index contributed by atoms with van der Waals surface area (Å²) < 4.78 is 0. The first kappa shape index (κ1) is 16.1. The first-order chi connectivity index (χ1) is 7.41. The molecule has 0 heterocycles. The Labute approximate surface area is 109 Å². The van der Waals surface area contributed by atoms with Crippen molar-refractivity contribution in [3.63, 3.8) is 0 Å². The van der Waals surface area contributed by atoms with Gasteiger partial charge in [0.15, 0.2) is 5.78 Å². The molecule has 0 amide bonds. The summed E-state index contributed by atoms with van der Waals surface area (Å²) >= 11 is 6.01. The van der Waals surface area contributed by atoms with Crippen LogP contribution in [-0.4, -0.2) is 11.8 Å². The molecule has 2 N–H and O–H groups in total. The number of carbonyl (C=O) groups excluding carboxylic acids is 1. The van der Waals surface area contributed by atoms with Gasteiger partial charge in [0, 0.05) is 10.9 Å². The quantitative estimate of drug-likeness (QED) is 0.896. The minimum absolute atomic E-state index is 0. The maximum Gasteiger partial charge on any atom is 0.152 e. The molecular formula is C14H22ClNO. The normalized spacial score (nSPS) is 12.1. The molecule has 0 bridgehead atoms. The van der Waals surface area contributed by atoms with E-state index in [9.17, 15) is 4.79 Å². The molecule has 0 radical (unpaired) electrons. The van der Waals surface area contributed by atoms with Gasteiger partial charge in [-0.3, -0.25) is 4.79 Å². The Bertz CT molecular complexity index is 388. The SMILES string of the molecule is C.Cc1ccc(C[C@@H](N)C(=O)C(C)C)cc1Cl. The molecule has 0 unspecified atom stereocenters. The van der Waals surface area contributed by atoms with Crippen molar-refractivity contribution in [2.45, 2.75) is 40.7 Å². The van der Waals surface area contributed by atoms with Crippen LogP contribution in [0.25, 0.3) is 0 Å². The van der Waals surface area contributed by atoms with E-state index in [0.29, 0.717) is 6.42 Å². The fourth-order valence-electron chi connectivity index (χ4n) is 1.55. The van der Waals surface area contributed by atoms with Crippen molar-refractivity contribution >= 4 is 17.4 Å². The average molecular weight is 256 g/mol. The van der Waals surface area contributed by atoms with Gasteiger partial charge in [-0.2, -0.15) is 0 Å². The second-order valence-corrected chi connectivity index (χ2v) is 4.86. The number of nitrogens with two attached hydrogens (primary N) is 1. The third kappa shape index (κ3) is 4.49. The zero-order valence-corrected chi connectivity index (χ0v) is 10.7. The summed E-state index contributed by atoms with van der Waals surface area (Å²) in [4.78, 5) is 11.6. The third-order valence-electron chi connectivity index (χ3n) is 2.63. The number of rotatable bonds is 4. The van der Waals surface area contributed by atoms with Gasteiger partial charge in [0.2, 0.25) is 0 Å². The molecule has 17 heavy (non-hydrogen) atoms. The highest BCUT2D eigenvalue weighted by molar-refractivity contribution is 6.31. The molecule has 1 atom stereocenters. The lowest BCUT2D eigenvalue weighted by atomic mass is 9.96. The summed E-state index contributed by atoms with van der Waals surface area (Å²) in [7, 11) is 0. The minimum atomic E-state index is -0.432. The Hall–Kier alpha value is -0.860. The van der Waals surface area contributed by atoms with E-state index in [1.54, 1.807) is 0 Å². The molecule has 0 aromatic heterocycles. The Morgan fingerprint density at radius 3 is 2.47 bits per heavy atom. The largest absolute Gasteiger partial charge is 0.321 e. The number of hydrogen-bond acceptors (Lipinski definition) is 2. The lowest BCUT2D eigenvalue weighted by molar-refractivity contribution is -0.123. The number of aryl methyl sites for hydroxylation is 1. The topological polar surface area (TPSA) is 43.1 Å². The van der Waals surface area contributed by atoms with Crippen LogP contribution in [-0.2, 0) is 11.2 Å². The molecule has 2 nitrogen and oxygen atoms in total. The third-order valence-corrected chi connectivity index (χ3v) is 3.03. The van der Waals surface area contributed by atoms with E-state index >= 15 is 0 Å². The molecule has 0 spiro atoms. The van der Waals surface area contributed by atoms with E-state index in [-0.39, 0.29) is 19.1 Å². The average Bonchev–Trinajstić information content (AvgIpc) is 2.22. The molecule has 0 aliphatic heterocycles. The van der Waals surface area contributed by atoms with Crippen molar-refractivity contribution in [3.8, 4) is 0 Å². The summed E-state index contributed by atoms with van der Waals surface area (Å²) in [5, 5.41) is 0.724.